The van der Waals surface area contributed by atoms with Crippen molar-refractivity contribution in [2.75, 3.05) is 13.2 Å². The van der Waals surface area contributed by atoms with Gasteiger partial charge in [0.2, 0.25) is 0 Å². The summed E-state index contributed by atoms with van der Waals surface area (Å²) in [6, 6.07) is 17.3. The van der Waals surface area contributed by atoms with Crippen LogP contribution in [0.25, 0.3) is 0 Å². The van der Waals surface area contributed by atoms with Gasteiger partial charge in [0, 0.05) is 12.6 Å². The molecule has 0 aliphatic rings. The number of carbonyl (C=O) groups is 1. The van der Waals surface area contributed by atoms with Gasteiger partial charge < -0.3 is 15.8 Å². The molecule has 1 atom stereocenters. The molecule has 0 radical (unpaired) electrons. The number of rotatable bonds is 7. The molecular formula is C19H25ClN2O2. The van der Waals surface area contributed by atoms with E-state index < -0.39 is 0 Å². The second-order valence-corrected chi connectivity index (χ2v) is 5.84. The number of nitrogens with two attached hydrogens (primary N) is 1. The number of carbonyl (C=O) groups excluding carboxylic acids is 1. The Balaban J connectivity index is 0.00000288. The molecule has 0 aromatic heterocycles. The Kier molecular flexibility index (Phi) is 8.30. The highest BCUT2D eigenvalue weighted by Gasteiger charge is 2.09. The van der Waals surface area contributed by atoms with Crippen LogP contribution in [0.5, 0.6) is 5.75 Å². The highest BCUT2D eigenvalue weighted by Crippen LogP contribution is 2.19. The standard InChI is InChI=1S/C19H24N2O2.ClH/c1-14(2)16-9-6-10-17(11-16)23-13-19(22)21-12-18(20)15-7-4-3-5-8-15;/h3-11,14,18H,12-13,20H2,1-2H3,(H,21,22);1H. The van der Waals surface area contributed by atoms with E-state index in [1.807, 2.05) is 48.5 Å². The molecule has 0 aliphatic carbocycles. The smallest absolute Gasteiger partial charge is 0.258 e. The summed E-state index contributed by atoms with van der Waals surface area (Å²) in [7, 11) is 0. The third kappa shape index (κ3) is 6.22. The van der Waals surface area contributed by atoms with Crippen molar-refractivity contribution in [3.05, 3.63) is 65.7 Å². The molecule has 0 aliphatic heterocycles. The lowest BCUT2D eigenvalue weighted by atomic mass is 10.0. The summed E-state index contributed by atoms with van der Waals surface area (Å²) in [6.45, 7) is 4.62. The summed E-state index contributed by atoms with van der Waals surface area (Å²) >= 11 is 0. The van der Waals surface area contributed by atoms with Crippen LogP contribution in [-0.2, 0) is 4.79 Å². The van der Waals surface area contributed by atoms with E-state index in [1.165, 1.54) is 5.56 Å². The number of nitrogens with one attached hydrogen (secondary N) is 1. The first-order valence-corrected chi connectivity index (χ1v) is 7.86. The fourth-order valence-corrected chi connectivity index (χ4v) is 2.21. The van der Waals surface area contributed by atoms with Gasteiger partial charge >= 0.3 is 0 Å². The third-order valence-corrected chi connectivity index (χ3v) is 3.64. The van der Waals surface area contributed by atoms with Crippen molar-refractivity contribution in [1.82, 2.24) is 5.32 Å². The highest BCUT2D eigenvalue weighted by atomic mass is 35.5. The average Bonchev–Trinajstić information content (AvgIpc) is 2.58. The van der Waals surface area contributed by atoms with E-state index in [4.69, 9.17) is 10.5 Å². The lowest BCUT2D eigenvalue weighted by Crippen LogP contribution is -2.35. The van der Waals surface area contributed by atoms with E-state index in [0.29, 0.717) is 18.2 Å². The molecule has 5 heteroatoms. The van der Waals surface area contributed by atoms with Crippen LogP contribution in [0.3, 0.4) is 0 Å². The lowest BCUT2D eigenvalue weighted by Gasteiger charge is -2.14. The molecule has 0 saturated carbocycles. The summed E-state index contributed by atoms with van der Waals surface area (Å²) in [6.07, 6.45) is 0. The van der Waals surface area contributed by atoms with Crippen molar-refractivity contribution < 1.29 is 9.53 Å². The van der Waals surface area contributed by atoms with Crippen molar-refractivity contribution in [3.63, 3.8) is 0 Å². The Labute approximate surface area is 149 Å². The van der Waals surface area contributed by atoms with Crippen LogP contribution >= 0.6 is 12.4 Å². The molecule has 0 saturated heterocycles. The monoisotopic (exact) mass is 348 g/mol. The minimum atomic E-state index is -0.218. The molecule has 1 unspecified atom stereocenters. The first-order chi connectivity index (χ1) is 11.1. The topological polar surface area (TPSA) is 64.3 Å². The van der Waals surface area contributed by atoms with Crippen LogP contribution in [0, 0.1) is 0 Å². The molecule has 2 aromatic rings. The van der Waals surface area contributed by atoms with Crippen molar-refractivity contribution >= 4 is 18.3 Å². The van der Waals surface area contributed by atoms with Crippen molar-refractivity contribution in [2.24, 2.45) is 5.73 Å². The van der Waals surface area contributed by atoms with Gasteiger partial charge in [-0.05, 0) is 29.2 Å². The van der Waals surface area contributed by atoms with Gasteiger partial charge in [-0.15, -0.1) is 12.4 Å². The van der Waals surface area contributed by atoms with E-state index in [2.05, 4.69) is 25.2 Å². The molecular weight excluding hydrogens is 324 g/mol. The normalized spacial score (nSPS) is 11.5. The number of hydrogen-bond donors (Lipinski definition) is 2. The fraction of sp³-hybridized carbons (Fsp3) is 0.316. The van der Waals surface area contributed by atoms with Gasteiger partial charge in [0.15, 0.2) is 6.61 Å². The van der Waals surface area contributed by atoms with E-state index in [9.17, 15) is 4.79 Å². The molecule has 4 nitrogen and oxygen atoms in total. The first-order valence-electron chi connectivity index (χ1n) is 7.86. The van der Waals surface area contributed by atoms with E-state index >= 15 is 0 Å². The zero-order chi connectivity index (χ0) is 16.7. The van der Waals surface area contributed by atoms with Gasteiger partial charge in [-0.1, -0.05) is 56.3 Å². The van der Waals surface area contributed by atoms with Crippen molar-refractivity contribution in [2.45, 2.75) is 25.8 Å². The molecule has 0 fully saturated rings. The predicted octanol–water partition coefficient (Wildman–Crippen LogP) is 3.43. The molecule has 0 bridgehead atoms. The number of hydrogen-bond acceptors (Lipinski definition) is 3. The number of benzene rings is 2. The van der Waals surface area contributed by atoms with Crippen LogP contribution in [0.4, 0.5) is 0 Å². The maximum atomic E-state index is 11.9. The molecule has 1 amide bonds. The van der Waals surface area contributed by atoms with Crippen molar-refractivity contribution in [1.29, 1.82) is 0 Å². The second kappa shape index (κ2) is 9.96. The molecule has 130 valence electrons. The molecule has 3 N–H and O–H groups in total. The Hall–Kier alpha value is -2.04. The molecule has 2 rings (SSSR count). The average molecular weight is 349 g/mol. The summed E-state index contributed by atoms with van der Waals surface area (Å²) in [5.41, 5.74) is 8.24. The van der Waals surface area contributed by atoms with Crippen molar-refractivity contribution in [3.8, 4) is 5.75 Å². The molecule has 2 aromatic carbocycles. The quantitative estimate of drug-likeness (QED) is 0.805. The van der Waals surface area contributed by atoms with Gasteiger partial charge in [0.25, 0.3) is 5.91 Å². The Morgan fingerprint density at radius 1 is 1.08 bits per heavy atom. The van der Waals surface area contributed by atoms with Gasteiger partial charge in [0.05, 0.1) is 0 Å². The molecule has 0 spiro atoms. The lowest BCUT2D eigenvalue weighted by molar-refractivity contribution is -0.123. The van der Waals surface area contributed by atoms with E-state index in [1.54, 1.807) is 0 Å². The van der Waals surface area contributed by atoms with E-state index in [-0.39, 0.29) is 31.0 Å². The Bertz CT molecular complexity index is 632. The predicted molar refractivity (Wildman–Crippen MR) is 99.7 cm³/mol. The zero-order valence-corrected chi connectivity index (χ0v) is 14.9. The maximum Gasteiger partial charge on any atom is 0.258 e. The largest absolute Gasteiger partial charge is 0.484 e. The summed E-state index contributed by atoms with van der Waals surface area (Å²) in [4.78, 5) is 11.9. The Morgan fingerprint density at radius 2 is 1.75 bits per heavy atom. The third-order valence-electron chi connectivity index (χ3n) is 3.64. The number of ether oxygens (including phenoxy) is 1. The summed E-state index contributed by atoms with van der Waals surface area (Å²) < 4.78 is 5.54. The SMILES string of the molecule is CC(C)c1cccc(OCC(=O)NCC(N)c2ccccc2)c1.Cl. The van der Waals surface area contributed by atoms with Gasteiger partial charge in [-0.2, -0.15) is 0 Å². The second-order valence-electron chi connectivity index (χ2n) is 5.84. The number of halogens is 1. The van der Waals surface area contributed by atoms with Crippen LogP contribution in [0.2, 0.25) is 0 Å². The van der Waals surface area contributed by atoms with Gasteiger partial charge in [-0.25, -0.2) is 0 Å². The minimum Gasteiger partial charge on any atom is -0.484 e. The fourth-order valence-electron chi connectivity index (χ4n) is 2.21. The highest BCUT2D eigenvalue weighted by molar-refractivity contribution is 5.85. The molecule has 0 heterocycles. The summed E-state index contributed by atoms with van der Waals surface area (Å²) in [5, 5.41) is 2.80. The van der Waals surface area contributed by atoms with Gasteiger partial charge in [0.1, 0.15) is 5.75 Å². The summed E-state index contributed by atoms with van der Waals surface area (Å²) in [5.74, 6) is 0.960. The number of amides is 1. The maximum absolute atomic E-state index is 11.9. The van der Waals surface area contributed by atoms with Crippen LogP contribution < -0.4 is 15.8 Å². The van der Waals surface area contributed by atoms with Gasteiger partial charge in [-0.3, -0.25) is 4.79 Å². The van der Waals surface area contributed by atoms with Crippen LogP contribution in [-0.4, -0.2) is 19.1 Å². The Morgan fingerprint density at radius 3 is 2.42 bits per heavy atom. The first kappa shape index (κ1) is 20.0. The van der Waals surface area contributed by atoms with Crippen LogP contribution in [0.15, 0.2) is 54.6 Å². The molecule has 24 heavy (non-hydrogen) atoms. The van der Waals surface area contributed by atoms with E-state index in [0.717, 1.165) is 5.56 Å². The van der Waals surface area contributed by atoms with Crippen LogP contribution in [0.1, 0.15) is 36.9 Å². The minimum absolute atomic E-state index is 0. The zero-order valence-electron chi connectivity index (χ0n) is 14.1.